The van der Waals surface area contributed by atoms with Crippen LogP contribution in [0, 0.1) is 6.92 Å². The van der Waals surface area contributed by atoms with Gasteiger partial charge in [-0.05, 0) is 55.3 Å². The Kier molecular flexibility index (Phi) is 7.81. The van der Waals surface area contributed by atoms with Gasteiger partial charge < -0.3 is 29.3 Å². The van der Waals surface area contributed by atoms with Gasteiger partial charge in [-0.25, -0.2) is 0 Å². The van der Waals surface area contributed by atoms with Crippen molar-refractivity contribution in [1.82, 2.24) is 9.80 Å². The summed E-state index contributed by atoms with van der Waals surface area (Å²) in [6, 6.07) is 9.01. The molecule has 0 saturated carbocycles. The van der Waals surface area contributed by atoms with Crippen molar-refractivity contribution < 1.29 is 34.0 Å². The quantitative estimate of drug-likeness (QED) is 0.326. The van der Waals surface area contributed by atoms with E-state index >= 15 is 0 Å². The van der Waals surface area contributed by atoms with E-state index in [0.29, 0.717) is 55.4 Å². The summed E-state index contributed by atoms with van der Waals surface area (Å²) in [6.07, 6.45) is 0. The first kappa shape index (κ1) is 25.5. The van der Waals surface area contributed by atoms with Gasteiger partial charge >= 0.3 is 0 Å². The Balaban J connectivity index is 1.79. The summed E-state index contributed by atoms with van der Waals surface area (Å²) in [5.41, 5.74) is 1.70. The lowest BCUT2D eigenvalue weighted by Gasteiger charge is -2.31. The van der Waals surface area contributed by atoms with Crippen molar-refractivity contribution in [2.75, 3.05) is 53.1 Å². The molecule has 0 radical (unpaired) electrons. The van der Waals surface area contributed by atoms with Crippen molar-refractivity contribution in [3.63, 3.8) is 0 Å². The molecule has 0 aromatic heterocycles. The maximum absolute atomic E-state index is 13.3. The standard InChI is InChI=1S/C27H32N2O7/c1-4-36-22-16-18(5-8-21(22)30)24-23(25(31)20-7-6-19(34-3)15-17(20)2)26(32)27(33)29(24)10-9-28-11-13-35-14-12-28/h5-8,15-16,24,30-31H,4,9-14H2,1-3H3/b25-23+. The van der Waals surface area contributed by atoms with E-state index in [0.717, 1.165) is 13.1 Å². The van der Waals surface area contributed by atoms with Crippen LogP contribution >= 0.6 is 0 Å². The van der Waals surface area contributed by atoms with E-state index in [1.165, 1.54) is 11.0 Å². The fourth-order valence-electron chi connectivity index (χ4n) is 4.68. The van der Waals surface area contributed by atoms with Gasteiger partial charge in [0, 0.05) is 31.7 Å². The predicted octanol–water partition coefficient (Wildman–Crippen LogP) is 2.86. The lowest BCUT2D eigenvalue weighted by atomic mass is 9.93. The lowest BCUT2D eigenvalue weighted by Crippen LogP contribution is -2.42. The second kappa shape index (κ2) is 11.0. The maximum Gasteiger partial charge on any atom is 0.295 e. The topological polar surface area (TPSA) is 109 Å². The fraction of sp³-hybridized carbons (Fsp3) is 0.407. The van der Waals surface area contributed by atoms with Gasteiger partial charge in [0.2, 0.25) is 0 Å². The molecule has 2 aromatic carbocycles. The van der Waals surface area contributed by atoms with Gasteiger partial charge in [0.25, 0.3) is 11.7 Å². The monoisotopic (exact) mass is 496 g/mol. The minimum absolute atomic E-state index is 0.00313. The Labute approximate surface area is 210 Å². The molecule has 1 amide bonds. The van der Waals surface area contributed by atoms with Gasteiger partial charge in [0.05, 0.1) is 38.5 Å². The molecule has 36 heavy (non-hydrogen) atoms. The van der Waals surface area contributed by atoms with Crippen LogP contribution in [0.5, 0.6) is 17.2 Å². The zero-order valence-corrected chi connectivity index (χ0v) is 20.8. The molecule has 2 aliphatic rings. The van der Waals surface area contributed by atoms with Crippen LogP contribution in [-0.2, 0) is 14.3 Å². The van der Waals surface area contributed by atoms with Gasteiger partial charge in [-0.2, -0.15) is 0 Å². The van der Waals surface area contributed by atoms with Crippen molar-refractivity contribution in [2.24, 2.45) is 0 Å². The third-order valence-corrected chi connectivity index (χ3v) is 6.59. The molecular formula is C27H32N2O7. The average molecular weight is 497 g/mol. The summed E-state index contributed by atoms with van der Waals surface area (Å²) in [7, 11) is 1.55. The van der Waals surface area contributed by atoms with E-state index in [4.69, 9.17) is 14.2 Å². The van der Waals surface area contributed by atoms with Crippen LogP contribution in [0.1, 0.15) is 29.7 Å². The Hall–Kier alpha value is -3.56. The second-order valence-electron chi connectivity index (χ2n) is 8.79. The highest BCUT2D eigenvalue weighted by Gasteiger charge is 2.46. The van der Waals surface area contributed by atoms with Crippen LogP contribution in [-0.4, -0.2) is 84.8 Å². The highest BCUT2D eigenvalue weighted by molar-refractivity contribution is 6.46. The lowest BCUT2D eigenvalue weighted by molar-refractivity contribution is -0.140. The number of benzene rings is 2. The number of ether oxygens (including phenoxy) is 3. The van der Waals surface area contributed by atoms with E-state index in [1.807, 2.05) is 0 Å². The number of hydrogen-bond acceptors (Lipinski definition) is 8. The first-order chi connectivity index (χ1) is 17.3. The molecule has 9 heteroatoms. The van der Waals surface area contributed by atoms with E-state index in [9.17, 15) is 19.8 Å². The number of likely N-dealkylation sites (tertiary alicyclic amines) is 1. The maximum atomic E-state index is 13.3. The minimum atomic E-state index is -0.840. The average Bonchev–Trinajstić information content (AvgIpc) is 3.14. The Morgan fingerprint density at radius 1 is 1.11 bits per heavy atom. The summed E-state index contributed by atoms with van der Waals surface area (Å²) in [5, 5.41) is 21.6. The fourth-order valence-corrected chi connectivity index (χ4v) is 4.68. The third-order valence-electron chi connectivity index (χ3n) is 6.59. The molecular weight excluding hydrogens is 464 g/mol. The molecule has 2 saturated heterocycles. The van der Waals surface area contributed by atoms with Gasteiger partial charge in [0.1, 0.15) is 11.5 Å². The van der Waals surface area contributed by atoms with Crippen molar-refractivity contribution >= 4 is 17.4 Å². The SMILES string of the molecule is CCOc1cc(C2/C(=C(\O)c3ccc(OC)cc3C)C(=O)C(=O)N2CCN2CCOCC2)ccc1O. The Bertz CT molecular complexity index is 1170. The molecule has 2 aliphatic heterocycles. The van der Waals surface area contributed by atoms with Crippen LogP contribution in [0.3, 0.4) is 0 Å². The van der Waals surface area contributed by atoms with Gasteiger partial charge in [-0.15, -0.1) is 0 Å². The molecule has 2 aromatic rings. The first-order valence-electron chi connectivity index (χ1n) is 12.0. The largest absolute Gasteiger partial charge is 0.507 e. The molecule has 0 spiro atoms. The summed E-state index contributed by atoms with van der Waals surface area (Å²) in [4.78, 5) is 30.3. The summed E-state index contributed by atoms with van der Waals surface area (Å²) < 4.78 is 16.2. The number of Topliss-reactive ketones (excluding diaryl/α,β-unsaturated/α-hetero) is 1. The Morgan fingerprint density at radius 3 is 2.53 bits per heavy atom. The molecule has 0 bridgehead atoms. The smallest absolute Gasteiger partial charge is 0.295 e. The van der Waals surface area contributed by atoms with E-state index in [1.54, 1.807) is 51.3 Å². The molecule has 1 atom stereocenters. The van der Waals surface area contributed by atoms with E-state index < -0.39 is 17.7 Å². The number of aryl methyl sites for hydroxylation is 1. The van der Waals surface area contributed by atoms with E-state index in [2.05, 4.69) is 4.90 Å². The number of hydrogen-bond donors (Lipinski definition) is 2. The van der Waals surface area contributed by atoms with Crippen molar-refractivity contribution in [2.45, 2.75) is 19.9 Å². The highest BCUT2D eigenvalue weighted by Crippen LogP contribution is 2.42. The number of aliphatic hydroxyl groups excluding tert-OH is 1. The first-order valence-corrected chi connectivity index (χ1v) is 12.0. The van der Waals surface area contributed by atoms with Crippen LogP contribution < -0.4 is 9.47 Å². The number of amides is 1. The number of ketones is 1. The molecule has 1 unspecified atom stereocenters. The number of aliphatic hydroxyl groups is 1. The van der Waals surface area contributed by atoms with E-state index in [-0.39, 0.29) is 22.8 Å². The summed E-state index contributed by atoms with van der Waals surface area (Å²) in [5.74, 6) is -0.858. The number of methoxy groups -OCH3 is 1. The number of carbonyl (C=O) groups excluding carboxylic acids is 2. The molecule has 2 fully saturated rings. The number of carbonyl (C=O) groups is 2. The zero-order valence-electron chi connectivity index (χ0n) is 20.8. The van der Waals surface area contributed by atoms with Crippen molar-refractivity contribution in [3.05, 3.63) is 58.7 Å². The van der Waals surface area contributed by atoms with Gasteiger partial charge in [-0.1, -0.05) is 6.07 Å². The van der Waals surface area contributed by atoms with Gasteiger partial charge in [-0.3, -0.25) is 14.5 Å². The highest BCUT2D eigenvalue weighted by atomic mass is 16.5. The van der Waals surface area contributed by atoms with Crippen molar-refractivity contribution in [1.29, 1.82) is 0 Å². The molecule has 9 nitrogen and oxygen atoms in total. The molecule has 4 rings (SSSR count). The normalized spacial score (nSPS) is 20.1. The minimum Gasteiger partial charge on any atom is -0.507 e. The third kappa shape index (κ3) is 5.03. The van der Waals surface area contributed by atoms with Crippen LogP contribution in [0.15, 0.2) is 42.0 Å². The number of nitrogens with zero attached hydrogens (tertiary/aromatic N) is 2. The number of phenols is 1. The molecule has 2 N–H and O–H groups in total. The summed E-state index contributed by atoms with van der Waals surface area (Å²) >= 11 is 0. The van der Waals surface area contributed by atoms with Crippen LogP contribution in [0.4, 0.5) is 0 Å². The summed E-state index contributed by atoms with van der Waals surface area (Å²) in [6.45, 7) is 7.51. The van der Waals surface area contributed by atoms with Crippen molar-refractivity contribution in [3.8, 4) is 17.2 Å². The van der Waals surface area contributed by atoms with Crippen LogP contribution in [0.25, 0.3) is 5.76 Å². The molecule has 0 aliphatic carbocycles. The zero-order chi connectivity index (χ0) is 25.8. The van der Waals surface area contributed by atoms with Gasteiger partial charge in [0.15, 0.2) is 11.5 Å². The Morgan fingerprint density at radius 2 is 1.86 bits per heavy atom. The molecule has 192 valence electrons. The predicted molar refractivity (Wildman–Crippen MR) is 133 cm³/mol. The molecule has 2 heterocycles. The van der Waals surface area contributed by atoms with Crippen LogP contribution in [0.2, 0.25) is 0 Å². The number of phenolic OH excluding ortho intramolecular Hbond substituents is 1. The second-order valence-corrected chi connectivity index (χ2v) is 8.79. The number of morpholine rings is 1. The number of rotatable bonds is 8. The number of aromatic hydroxyl groups is 1.